The highest BCUT2D eigenvalue weighted by Gasteiger charge is 2.42. The van der Waals surface area contributed by atoms with E-state index >= 15 is 0 Å². The van der Waals surface area contributed by atoms with E-state index in [0.717, 1.165) is 0 Å². The van der Waals surface area contributed by atoms with Crippen molar-refractivity contribution >= 4 is 17.9 Å². The largest absolute Gasteiger partial charge is 0.481 e. The summed E-state index contributed by atoms with van der Waals surface area (Å²) in [5.41, 5.74) is 0.592. The van der Waals surface area contributed by atoms with Gasteiger partial charge in [-0.3, -0.25) is 9.59 Å². The maximum atomic E-state index is 11.4. The Hall–Kier alpha value is -2.15. The van der Waals surface area contributed by atoms with Crippen molar-refractivity contribution in [3.63, 3.8) is 0 Å². The lowest BCUT2D eigenvalue weighted by molar-refractivity contribution is -0.142. The lowest BCUT2D eigenvalue weighted by atomic mass is 9.81. The molecule has 122 valence electrons. The van der Waals surface area contributed by atoms with Crippen molar-refractivity contribution < 1.29 is 29.7 Å². The number of hydrogen-bond acceptors (Lipinski definition) is 4. The Morgan fingerprint density at radius 2 is 1.86 bits per heavy atom. The van der Waals surface area contributed by atoms with Gasteiger partial charge in [-0.05, 0) is 19.3 Å². The fraction of sp³-hybridized carbons (Fsp3) is 0.533. The molecule has 0 aromatic carbocycles. The smallest absolute Gasteiger partial charge is 0.335 e. The Balaban J connectivity index is 3.19. The SMILES string of the molecule is CC/C=C/C(C(=O)O)=C(/C)[C@@H]1CN[C@@H](C(=O)O)[C@@H]1CC(=O)O. The average molecular weight is 311 g/mol. The van der Waals surface area contributed by atoms with Gasteiger partial charge in [0, 0.05) is 12.5 Å². The van der Waals surface area contributed by atoms with Crippen molar-refractivity contribution in [1.82, 2.24) is 5.32 Å². The summed E-state index contributed by atoms with van der Waals surface area (Å²) in [6, 6.07) is -0.985. The Kier molecular flexibility index (Phi) is 6.30. The van der Waals surface area contributed by atoms with Gasteiger partial charge in [-0.25, -0.2) is 4.79 Å². The lowest BCUT2D eigenvalue weighted by Crippen LogP contribution is -2.37. The first-order chi connectivity index (χ1) is 10.3. The van der Waals surface area contributed by atoms with Gasteiger partial charge in [0.2, 0.25) is 0 Å². The van der Waals surface area contributed by atoms with Gasteiger partial charge in [0.25, 0.3) is 0 Å². The fourth-order valence-corrected chi connectivity index (χ4v) is 2.80. The monoisotopic (exact) mass is 311 g/mol. The van der Waals surface area contributed by atoms with Crippen LogP contribution in [0.1, 0.15) is 26.7 Å². The van der Waals surface area contributed by atoms with Crippen LogP contribution in [0.4, 0.5) is 0 Å². The van der Waals surface area contributed by atoms with E-state index in [4.69, 9.17) is 5.11 Å². The molecule has 1 aliphatic heterocycles. The summed E-state index contributed by atoms with van der Waals surface area (Å²) in [7, 11) is 0. The molecule has 0 radical (unpaired) electrons. The molecule has 1 fully saturated rings. The Morgan fingerprint density at radius 1 is 1.23 bits per heavy atom. The highest BCUT2D eigenvalue weighted by molar-refractivity contribution is 5.91. The maximum absolute atomic E-state index is 11.4. The van der Waals surface area contributed by atoms with Crippen molar-refractivity contribution in [3.8, 4) is 0 Å². The molecule has 0 aromatic rings. The standard InChI is InChI=1S/C15H21NO6/c1-3-4-5-9(14(19)20)8(2)11-7-16-13(15(21)22)10(11)6-12(17)18/h4-5,10-11,13,16H,3,6-7H2,1-2H3,(H,17,18)(H,19,20)(H,21,22)/b5-4+,9-8+/t10-,11+,13-/m1/s1. The van der Waals surface area contributed by atoms with Crippen LogP contribution in [-0.4, -0.2) is 45.8 Å². The zero-order valence-corrected chi connectivity index (χ0v) is 12.6. The second kappa shape index (κ2) is 7.74. The Bertz CT molecular complexity index is 522. The zero-order valence-electron chi connectivity index (χ0n) is 12.6. The van der Waals surface area contributed by atoms with Gasteiger partial charge < -0.3 is 20.6 Å². The topological polar surface area (TPSA) is 124 Å². The third kappa shape index (κ3) is 4.17. The molecule has 1 rings (SSSR count). The van der Waals surface area contributed by atoms with Gasteiger partial charge in [-0.2, -0.15) is 0 Å². The van der Waals surface area contributed by atoms with Gasteiger partial charge in [0.1, 0.15) is 6.04 Å². The molecular formula is C15H21NO6. The van der Waals surface area contributed by atoms with E-state index in [0.29, 0.717) is 12.0 Å². The fourth-order valence-electron chi connectivity index (χ4n) is 2.80. The minimum atomic E-state index is -1.12. The van der Waals surface area contributed by atoms with E-state index in [1.807, 2.05) is 6.92 Å². The molecule has 4 N–H and O–H groups in total. The van der Waals surface area contributed by atoms with Crippen LogP contribution in [-0.2, 0) is 14.4 Å². The number of allylic oxidation sites excluding steroid dienone is 1. The molecule has 0 spiro atoms. The van der Waals surface area contributed by atoms with E-state index in [1.165, 1.54) is 6.08 Å². The molecule has 0 bridgehead atoms. The van der Waals surface area contributed by atoms with Gasteiger partial charge in [-0.15, -0.1) is 0 Å². The molecule has 0 unspecified atom stereocenters. The molecule has 22 heavy (non-hydrogen) atoms. The molecule has 0 aliphatic carbocycles. The quantitative estimate of drug-likeness (QED) is 0.410. The molecule has 1 heterocycles. The van der Waals surface area contributed by atoms with Crippen LogP contribution in [0.3, 0.4) is 0 Å². The lowest BCUT2D eigenvalue weighted by Gasteiger charge is -2.21. The van der Waals surface area contributed by atoms with E-state index in [9.17, 15) is 24.6 Å². The predicted octanol–water partition coefficient (Wildman–Crippen LogP) is 1.12. The van der Waals surface area contributed by atoms with Gasteiger partial charge in [0.05, 0.1) is 12.0 Å². The van der Waals surface area contributed by atoms with Crippen molar-refractivity contribution in [2.75, 3.05) is 6.54 Å². The maximum Gasteiger partial charge on any atom is 0.335 e. The second-order valence-corrected chi connectivity index (χ2v) is 5.30. The number of carboxylic acid groups (broad SMARTS) is 3. The minimum absolute atomic E-state index is 0.0927. The Labute approximate surface area is 128 Å². The highest BCUT2D eigenvalue weighted by atomic mass is 16.4. The normalized spacial score (nSPS) is 26.0. The highest BCUT2D eigenvalue weighted by Crippen LogP contribution is 2.33. The summed E-state index contributed by atoms with van der Waals surface area (Å²) in [6.07, 6.45) is 3.54. The molecule has 3 atom stereocenters. The summed E-state index contributed by atoms with van der Waals surface area (Å²) < 4.78 is 0. The number of rotatable bonds is 7. The number of carbonyl (C=O) groups is 3. The third-order valence-corrected chi connectivity index (χ3v) is 3.91. The molecular weight excluding hydrogens is 290 g/mol. The van der Waals surface area contributed by atoms with Crippen LogP contribution < -0.4 is 5.32 Å². The van der Waals surface area contributed by atoms with Crippen molar-refractivity contribution in [1.29, 1.82) is 0 Å². The van der Waals surface area contributed by atoms with Crippen LogP contribution >= 0.6 is 0 Å². The Morgan fingerprint density at radius 3 is 2.32 bits per heavy atom. The minimum Gasteiger partial charge on any atom is -0.481 e. The van der Waals surface area contributed by atoms with Crippen molar-refractivity contribution in [3.05, 3.63) is 23.3 Å². The first kappa shape index (κ1) is 17.9. The zero-order chi connectivity index (χ0) is 16.9. The van der Waals surface area contributed by atoms with Crippen molar-refractivity contribution in [2.45, 2.75) is 32.7 Å². The summed E-state index contributed by atoms with van der Waals surface area (Å²) in [4.78, 5) is 33.6. The van der Waals surface area contributed by atoms with Gasteiger partial charge >= 0.3 is 17.9 Å². The summed E-state index contributed by atoms with van der Waals surface area (Å²) in [6.45, 7) is 3.74. The summed E-state index contributed by atoms with van der Waals surface area (Å²) in [5, 5.41) is 30.3. The molecule has 0 amide bonds. The average Bonchev–Trinajstić information content (AvgIpc) is 2.81. The van der Waals surface area contributed by atoms with Crippen LogP contribution in [0.15, 0.2) is 23.3 Å². The van der Waals surface area contributed by atoms with Gasteiger partial charge in [0.15, 0.2) is 0 Å². The summed E-state index contributed by atoms with van der Waals surface area (Å²) >= 11 is 0. The van der Waals surface area contributed by atoms with Crippen LogP contribution in [0.2, 0.25) is 0 Å². The van der Waals surface area contributed by atoms with Crippen LogP contribution in [0, 0.1) is 11.8 Å². The van der Waals surface area contributed by atoms with E-state index < -0.39 is 35.8 Å². The number of aliphatic carboxylic acids is 3. The van der Waals surface area contributed by atoms with Crippen LogP contribution in [0.5, 0.6) is 0 Å². The van der Waals surface area contributed by atoms with Gasteiger partial charge in [-0.1, -0.05) is 24.6 Å². The molecule has 0 saturated carbocycles. The molecule has 7 heteroatoms. The van der Waals surface area contributed by atoms with Crippen molar-refractivity contribution in [2.24, 2.45) is 11.8 Å². The summed E-state index contributed by atoms with van der Waals surface area (Å²) in [5.74, 6) is -4.44. The molecule has 7 nitrogen and oxygen atoms in total. The first-order valence-electron chi connectivity index (χ1n) is 7.08. The van der Waals surface area contributed by atoms with E-state index in [-0.39, 0.29) is 18.5 Å². The number of nitrogens with one attached hydrogen (secondary N) is 1. The second-order valence-electron chi connectivity index (χ2n) is 5.30. The van der Waals surface area contributed by atoms with E-state index in [1.54, 1.807) is 13.0 Å². The van der Waals surface area contributed by atoms with Crippen LogP contribution in [0.25, 0.3) is 0 Å². The third-order valence-electron chi connectivity index (χ3n) is 3.91. The predicted molar refractivity (Wildman–Crippen MR) is 78.4 cm³/mol. The number of hydrogen-bond donors (Lipinski definition) is 4. The molecule has 0 aromatic heterocycles. The molecule has 1 aliphatic rings. The number of carboxylic acids is 3. The first-order valence-corrected chi connectivity index (χ1v) is 7.08. The van der Waals surface area contributed by atoms with E-state index in [2.05, 4.69) is 5.32 Å². The molecule has 1 saturated heterocycles.